The lowest BCUT2D eigenvalue weighted by atomic mass is 10.1. The Morgan fingerprint density at radius 2 is 2.05 bits per heavy atom. The summed E-state index contributed by atoms with van der Waals surface area (Å²) in [4.78, 5) is 11.7. The van der Waals surface area contributed by atoms with E-state index < -0.39 is 0 Å². The van der Waals surface area contributed by atoms with E-state index in [2.05, 4.69) is 0 Å². The van der Waals surface area contributed by atoms with Gasteiger partial charge in [-0.05, 0) is 19.4 Å². The lowest BCUT2D eigenvalue weighted by molar-refractivity contribution is 0.0488. The van der Waals surface area contributed by atoms with Crippen LogP contribution in [-0.4, -0.2) is 36.1 Å². The number of hydrogen-bond acceptors (Lipinski definition) is 5. The van der Waals surface area contributed by atoms with Gasteiger partial charge in [-0.2, -0.15) is 5.26 Å². The number of aryl methyl sites for hydroxylation is 1. The van der Waals surface area contributed by atoms with E-state index >= 15 is 0 Å². The molecule has 0 saturated carbocycles. The minimum Gasteiger partial charge on any atom is -0.493 e. The number of aromatic hydroxyl groups is 1. The summed E-state index contributed by atoms with van der Waals surface area (Å²) in [7, 11) is 0. The molecule has 0 amide bonds. The van der Waals surface area contributed by atoms with Gasteiger partial charge in [-0.25, -0.2) is 0 Å². The predicted molar refractivity (Wildman–Crippen MR) is 69.1 cm³/mol. The molecular formula is C13H18N2O4. The Hall–Kier alpha value is -1.84. The Kier molecular flexibility index (Phi) is 6.06. The molecule has 19 heavy (non-hydrogen) atoms. The van der Waals surface area contributed by atoms with Gasteiger partial charge in [0, 0.05) is 12.7 Å². The number of hydrogen-bond donors (Lipinski definition) is 1. The molecule has 0 fully saturated rings. The fraction of sp³-hybridized carbons (Fsp3) is 0.538. The number of pyridine rings is 1. The summed E-state index contributed by atoms with van der Waals surface area (Å²) in [5, 5.41) is 18.8. The van der Waals surface area contributed by atoms with Crippen LogP contribution in [0.25, 0.3) is 0 Å². The Morgan fingerprint density at radius 1 is 1.37 bits per heavy atom. The van der Waals surface area contributed by atoms with Crippen molar-refractivity contribution in [1.29, 1.82) is 5.26 Å². The topological polar surface area (TPSA) is 84.5 Å². The molecule has 0 atom stereocenters. The summed E-state index contributed by atoms with van der Waals surface area (Å²) in [5.41, 5.74) is 0.245. The minimum atomic E-state index is -0.345. The first kappa shape index (κ1) is 15.2. The molecule has 1 rings (SSSR count). The largest absolute Gasteiger partial charge is 0.493 e. The second kappa shape index (κ2) is 7.56. The molecule has 0 aliphatic rings. The lowest BCUT2D eigenvalue weighted by Gasteiger charge is -2.11. The summed E-state index contributed by atoms with van der Waals surface area (Å²) >= 11 is 0. The van der Waals surface area contributed by atoms with Crippen LogP contribution in [-0.2, 0) is 16.0 Å². The first-order valence-electron chi connectivity index (χ1n) is 6.10. The quantitative estimate of drug-likeness (QED) is 0.737. The van der Waals surface area contributed by atoms with Gasteiger partial charge >= 0.3 is 0 Å². The molecular weight excluding hydrogens is 248 g/mol. The average molecular weight is 266 g/mol. The van der Waals surface area contributed by atoms with Crippen LogP contribution in [0.15, 0.2) is 10.9 Å². The summed E-state index contributed by atoms with van der Waals surface area (Å²) in [5.74, 6) is -0.305. The van der Waals surface area contributed by atoms with E-state index in [0.717, 1.165) is 4.57 Å². The van der Waals surface area contributed by atoms with Crippen molar-refractivity contribution in [2.24, 2.45) is 0 Å². The Labute approximate surface area is 111 Å². The van der Waals surface area contributed by atoms with E-state index in [1.807, 2.05) is 13.0 Å². The number of nitrogens with zero attached hydrogens (tertiary/aromatic N) is 2. The van der Waals surface area contributed by atoms with Crippen LogP contribution in [0.2, 0.25) is 0 Å². The van der Waals surface area contributed by atoms with Gasteiger partial charge in [0.15, 0.2) is 0 Å². The standard InChI is InChI=1S/C13H18N2O4/c1-3-18-6-7-19-5-4-15-12(16)8-10(2)11(9-14)13(15)17/h8,17H,3-7H2,1-2H3. The van der Waals surface area contributed by atoms with Gasteiger partial charge in [0.1, 0.15) is 11.6 Å². The highest BCUT2D eigenvalue weighted by atomic mass is 16.5. The maximum atomic E-state index is 11.7. The highest BCUT2D eigenvalue weighted by Gasteiger charge is 2.11. The number of nitriles is 1. The summed E-state index contributed by atoms with van der Waals surface area (Å²) < 4.78 is 11.5. The molecule has 1 N–H and O–H groups in total. The van der Waals surface area contributed by atoms with Crippen LogP contribution in [0, 0.1) is 18.3 Å². The zero-order valence-electron chi connectivity index (χ0n) is 11.2. The first-order chi connectivity index (χ1) is 9.11. The molecule has 6 nitrogen and oxygen atoms in total. The third kappa shape index (κ3) is 4.09. The minimum absolute atomic E-state index is 0.119. The lowest BCUT2D eigenvalue weighted by Crippen LogP contribution is -2.23. The normalized spacial score (nSPS) is 10.4. The molecule has 0 radical (unpaired) electrons. The van der Waals surface area contributed by atoms with Gasteiger partial charge in [-0.3, -0.25) is 9.36 Å². The Bertz CT molecular complexity index is 517. The number of aromatic nitrogens is 1. The van der Waals surface area contributed by atoms with Crippen molar-refractivity contribution in [3.05, 3.63) is 27.5 Å². The van der Waals surface area contributed by atoms with E-state index in [9.17, 15) is 9.90 Å². The predicted octanol–water partition coefficient (Wildman–Crippen LogP) is 0.787. The van der Waals surface area contributed by atoms with Crippen LogP contribution in [0.4, 0.5) is 0 Å². The molecule has 1 aromatic heterocycles. The molecule has 0 unspecified atom stereocenters. The van der Waals surface area contributed by atoms with Crippen molar-refractivity contribution < 1.29 is 14.6 Å². The molecule has 0 aromatic carbocycles. The van der Waals surface area contributed by atoms with Crippen LogP contribution < -0.4 is 5.56 Å². The summed E-state index contributed by atoms with van der Waals surface area (Å²) in [6.07, 6.45) is 0. The third-order valence-corrected chi connectivity index (χ3v) is 2.63. The molecule has 0 aliphatic carbocycles. The van der Waals surface area contributed by atoms with Gasteiger partial charge in [-0.1, -0.05) is 0 Å². The van der Waals surface area contributed by atoms with Gasteiger partial charge in [-0.15, -0.1) is 0 Å². The van der Waals surface area contributed by atoms with Gasteiger partial charge < -0.3 is 14.6 Å². The maximum Gasteiger partial charge on any atom is 0.253 e. The third-order valence-electron chi connectivity index (χ3n) is 2.63. The second-order valence-electron chi connectivity index (χ2n) is 3.94. The Morgan fingerprint density at radius 3 is 2.68 bits per heavy atom. The van der Waals surface area contributed by atoms with E-state index in [-0.39, 0.29) is 30.2 Å². The molecule has 1 aromatic rings. The first-order valence-corrected chi connectivity index (χ1v) is 6.10. The molecule has 0 spiro atoms. The maximum absolute atomic E-state index is 11.7. The second-order valence-corrected chi connectivity index (χ2v) is 3.94. The average Bonchev–Trinajstić information content (AvgIpc) is 2.37. The fourth-order valence-corrected chi connectivity index (χ4v) is 1.63. The monoisotopic (exact) mass is 266 g/mol. The van der Waals surface area contributed by atoms with Crippen LogP contribution in [0.1, 0.15) is 18.1 Å². The van der Waals surface area contributed by atoms with Gasteiger partial charge in [0.25, 0.3) is 5.56 Å². The number of rotatable bonds is 7. The zero-order valence-corrected chi connectivity index (χ0v) is 11.2. The fourth-order valence-electron chi connectivity index (χ4n) is 1.63. The van der Waals surface area contributed by atoms with Crippen LogP contribution in [0.5, 0.6) is 5.88 Å². The van der Waals surface area contributed by atoms with Crippen molar-refractivity contribution in [1.82, 2.24) is 4.57 Å². The van der Waals surface area contributed by atoms with Crippen molar-refractivity contribution in [3.8, 4) is 11.9 Å². The van der Waals surface area contributed by atoms with E-state index in [1.54, 1.807) is 6.92 Å². The van der Waals surface area contributed by atoms with Crippen molar-refractivity contribution in [3.63, 3.8) is 0 Å². The number of ether oxygens (including phenoxy) is 2. The van der Waals surface area contributed by atoms with Crippen LogP contribution >= 0.6 is 0 Å². The van der Waals surface area contributed by atoms with E-state index in [0.29, 0.717) is 25.4 Å². The van der Waals surface area contributed by atoms with Crippen LogP contribution in [0.3, 0.4) is 0 Å². The van der Waals surface area contributed by atoms with E-state index in [4.69, 9.17) is 14.7 Å². The van der Waals surface area contributed by atoms with Gasteiger partial charge in [0.05, 0.1) is 26.4 Å². The molecule has 0 aliphatic heterocycles. The summed E-state index contributed by atoms with van der Waals surface area (Å²) in [6, 6.07) is 3.21. The molecule has 104 valence electrons. The molecule has 0 bridgehead atoms. The summed E-state index contributed by atoms with van der Waals surface area (Å²) in [6.45, 7) is 5.54. The molecule has 6 heteroatoms. The van der Waals surface area contributed by atoms with Crippen molar-refractivity contribution in [2.75, 3.05) is 26.4 Å². The highest BCUT2D eigenvalue weighted by Crippen LogP contribution is 2.16. The van der Waals surface area contributed by atoms with Crippen molar-refractivity contribution in [2.45, 2.75) is 20.4 Å². The van der Waals surface area contributed by atoms with Crippen molar-refractivity contribution >= 4 is 0 Å². The SMILES string of the molecule is CCOCCOCCn1c(O)c(C#N)c(C)cc1=O. The van der Waals surface area contributed by atoms with Gasteiger partial charge in [0.2, 0.25) is 5.88 Å². The molecule has 0 saturated heterocycles. The zero-order chi connectivity index (χ0) is 14.3. The molecule has 1 heterocycles. The van der Waals surface area contributed by atoms with E-state index in [1.165, 1.54) is 6.07 Å². The highest BCUT2D eigenvalue weighted by molar-refractivity contribution is 5.43. The Balaban J connectivity index is 2.64. The smallest absolute Gasteiger partial charge is 0.253 e.